The maximum absolute atomic E-state index is 2.66. The molecular formula is C78H60N4. The molecular weight excluding hydrogens is 993 g/mol. The van der Waals surface area contributed by atoms with Gasteiger partial charge in [0.15, 0.2) is 0 Å². The molecule has 0 bridgehead atoms. The van der Waals surface area contributed by atoms with E-state index in [1.54, 1.807) is 0 Å². The number of aromatic nitrogens is 1. The molecule has 2 aliphatic heterocycles. The van der Waals surface area contributed by atoms with Crippen LogP contribution in [-0.2, 0) is 10.8 Å². The van der Waals surface area contributed by atoms with Crippen LogP contribution in [0.1, 0.15) is 49.9 Å². The van der Waals surface area contributed by atoms with E-state index in [0.29, 0.717) is 0 Å². The number of hydrogen-bond donors (Lipinski definition) is 0. The van der Waals surface area contributed by atoms with E-state index in [0.717, 1.165) is 51.2 Å². The highest BCUT2D eigenvalue weighted by Gasteiger charge is 2.44. The van der Waals surface area contributed by atoms with Crippen molar-refractivity contribution in [2.45, 2.75) is 38.5 Å². The molecule has 0 saturated carbocycles. The number of para-hydroxylation sites is 6. The van der Waals surface area contributed by atoms with Crippen LogP contribution < -0.4 is 14.7 Å². The number of anilines is 9. The molecule has 0 N–H and O–H groups in total. The topological polar surface area (TPSA) is 14.7 Å². The van der Waals surface area contributed by atoms with Crippen LogP contribution in [0.25, 0.3) is 60.9 Å². The second-order valence-corrected chi connectivity index (χ2v) is 23.0. The lowest BCUT2D eigenvalue weighted by Gasteiger charge is -2.42. The van der Waals surface area contributed by atoms with Crippen molar-refractivity contribution in [1.29, 1.82) is 0 Å². The normalized spacial score (nSPS) is 13.3. The molecule has 0 spiro atoms. The van der Waals surface area contributed by atoms with Gasteiger partial charge in [0.05, 0.1) is 16.7 Å². The largest absolute Gasteiger partial charge is 0.311 e. The van der Waals surface area contributed by atoms with Crippen LogP contribution in [0.4, 0.5) is 51.2 Å². The van der Waals surface area contributed by atoms with E-state index in [2.05, 4.69) is 338 Å². The van der Waals surface area contributed by atoms with Gasteiger partial charge in [-0.05, 0) is 201 Å². The second kappa shape index (κ2) is 19.3. The third-order valence-corrected chi connectivity index (χ3v) is 17.4. The lowest BCUT2D eigenvalue weighted by atomic mass is 9.67. The first-order valence-corrected chi connectivity index (χ1v) is 28.6. The first kappa shape index (κ1) is 48.9. The predicted molar refractivity (Wildman–Crippen MR) is 345 cm³/mol. The van der Waals surface area contributed by atoms with E-state index in [1.807, 2.05) is 0 Å². The summed E-state index contributed by atoms with van der Waals surface area (Å²) >= 11 is 0. The standard InChI is InChI=1S/C78H60N4/c1-77(2)70-49-56(53-35-41-65(42-36-53)79(59-23-11-5-12-24-59)60-25-13-6-14-26-60)47-68-69-48-57(54-37-43-66(44-38-54)80(61-27-15-7-16-28-61)62-29-17-8-18-30-62)50-71-75(69)82(74(68)70)76-72(77)51-58(52-73(76)78(71,3)4)55-39-45-67(46-40-55)81(63-31-19-9-20-32-63)64-33-21-10-22-34-64/h5-52H,1-4H3. The SMILES string of the molecule is CC1(C)c2cc(-c3ccc(N(c4ccccc4)c4ccccc4)cc3)cc3c2-n2c4c1cc(-c1ccc(N(c5ccccc5)c5ccccc5)cc1)cc4c1cc(-c4ccc(N(c5ccccc5)c5ccccc5)cc4)cc(c12)C3(C)C. The summed E-state index contributed by atoms with van der Waals surface area (Å²) in [5.41, 5.74) is 25.8. The molecule has 13 aromatic rings. The molecule has 1 aromatic heterocycles. The zero-order valence-corrected chi connectivity index (χ0v) is 46.5. The Kier molecular flexibility index (Phi) is 11.5. The highest BCUT2D eigenvalue weighted by molar-refractivity contribution is 6.16. The first-order valence-electron chi connectivity index (χ1n) is 28.6. The average molecular weight is 1050 g/mol. The van der Waals surface area contributed by atoms with Crippen molar-refractivity contribution < 1.29 is 0 Å². The molecule has 0 amide bonds. The zero-order valence-electron chi connectivity index (χ0n) is 46.5. The Balaban J connectivity index is 0.913. The Labute approximate surface area is 480 Å². The minimum Gasteiger partial charge on any atom is -0.311 e. The van der Waals surface area contributed by atoms with Crippen molar-refractivity contribution in [3.63, 3.8) is 0 Å². The maximum atomic E-state index is 2.66. The van der Waals surface area contributed by atoms with Crippen molar-refractivity contribution in [1.82, 2.24) is 4.57 Å². The molecule has 15 rings (SSSR count). The van der Waals surface area contributed by atoms with Crippen molar-refractivity contribution in [3.05, 3.63) is 313 Å². The van der Waals surface area contributed by atoms with Crippen molar-refractivity contribution in [2.75, 3.05) is 14.7 Å². The van der Waals surface area contributed by atoms with Crippen LogP contribution in [-0.4, -0.2) is 4.57 Å². The zero-order chi connectivity index (χ0) is 55.1. The minimum absolute atomic E-state index is 0.358. The van der Waals surface area contributed by atoms with Gasteiger partial charge in [-0.15, -0.1) is 0 Å². The molecule has 0 radical (unpaired) electrons. The molecule has 0 unspecified atom stereocenters. The van der Waals surface area contributed by atoms with E-state index < -0.39 is 0 Å². The van der Waals surface area contributed by atoms with Gasteiger partial charge < -0.3 is 19.3 Å². The highest BCUT2D eigenvalue weighted by Crippen LogP contribution is 2.58. The fraction of sp³-hybridized carbons (Fsp3) is 0.0769. The van der Waals surface area contributed by atoms with Gasteiger partial charge in [0, 0.05) is 72.8 Å². The molecule has 0 aliphatic carbocycles. The number of fused-ring (bicyclic) bond motifs is 1. The summed E-state index contributed by atoms with van der Waals surface area (Å²) in [7, 11) is 0. The van der Waals surface area contributed by atoms with Gasteiger partial charge >= 0.3 is 0 Å². The summed E-state index contributed by atoms with van der Waals surface area (Å²) in [5, 5.41) is 2.56. The predicted octanol–water partition coefficient (Wildman–Crippen LogP) is 21.5. The lowest BCUT2D eigenvalue weighted by molar-refractivity contribution is 0.594. The Hall–Kier alpha value is -10.2. The summed E-state index contributed by atoms with van der Waals surface area (Å²) in [4.78, 5) is 7.01. The summed E-state index contributed by atoms with van der Waals surface area (Å²) in [6.07, 6.45) is 0. The maximum Gasteiger partial charge on any atom is 0.0582 e. The van der Waals surface area contributed by atoms with Gasteiger partial charge in [-0.25, -0.2) is 0 Å². The quantitative estimate of drug-likeness (QED) is 0.121. The molecule has 12 aromatic carbocycles. The third kappa shape index (κ3) is 7.97. The van der Waals surface area contributed by atoms with Gasteiger partial charge in [-0.3, -0.25) is 0 Å². The smallest absolute Gasteiger partial charge is 0.0582 e. The molecule has 82 heavy (non-hydrogen) atoms. The number of hydrogen-bond acceptors (Lipinski definition) is 3. The number of nitrogens with zero attached hydrogens (tertiary/aromatic N) is 4. The van der Waals surface area contributed by atoms with E-state index in [1.165, 1.54) is 83.1 Å². The van der Waals surface area contributed by atoms with E-state index in [9.17, 15) is 0 Å². The van der Waals surface area contributed by atoms with Gasteiger partial charge in [0.25, 0.3) is 0 Å². The fourth-order valence-corrected chi connectivity index (χ4v) is 13.3. The van der Waals surface area contributed by atoms with Crippen molar-refractivity contribution in [3.8, 4) is 39.1 Å². The van der Waals surface area contributed by atoms with Crippen LogP contribution in [0.15, 0.2) is 291 Å². The second-order valence-electron chi connectivity index (χ2n) is 23.0. The molecule has 4 heteroatoms. The monoisotopic (exact) mass is 1050 g/mol. The van der Waals surface area contributed by atoms with Crippen LogP contribution in [0.5, 0.6) is 0 Å². The third-order valence-electron chi connectivity index (χ3n) is 17.4. The Morgan fingerprint density at radius 2 is 0.451 bits per heavy atom. The lowest BCUT2D eigenvalue weighted by Crippen LogP contribution is -2.33. The molecule has 3 heterocycles. The first-order chi connectivity index (χ1) is 40.2. The summed E-state index contributed by atoms with van der Waals surface area (Å²) in [6, 6.07) is 107. The van der Waals surface area contributed by atoms with Gasteiger partial charge in [-0.2, -0.15) is 0 Å². The fourth-order valence-electron chi connectivity index (χ4n) is 13.3. The van der Waals surface area contributed by atoms with Crippen molar-refractivity contribution in [2.24, 2.45) is 0 Å². The van der Waals surface area contributed by atoms with Crippen LogP contribution >= 0.6 is 0 Å². The Morgan fingerprint density at radius 3 is 0.707 bits per heavy atom. The highest BCUT2D eigenvalue weighted by atomic mass is 15.2. The minimum atomic E-state index is -0.358. The van der Waals surface area contributed by atoms with Crippen LogP contribution in [0, 0.1) is 0 Å². The Bertz CT molecular complexity index is 4150. The van der Waals surface area contributed by atoms with Crippen LogP contribution in [0.2, 0.25) is 0 Å². The number of rotatable bonds is 12. The van der Waals surface area contributed by atoms with E-state index in [4.69, 9.17) is 0 Å². The molecule has 2 aliphatic rings. The van der Waals surface area contributed by atoms with E-state index in [-0.39, 0.29) is 10.8 Å². The van der Waals surface area contributed by atoms with Gasteiger partial charge in [0.1, 0.15) is 0 Å². The summed E-state index contributed by atoms with van der Waals surface area (Å²) in [5.74, 6) is 0. The molecule has 392 valence electrons. The molecule has 0 atom stereocenters. The van der Waals surface area contributed by atoms with Crippen LogP contribution in [0.3, 0.4) is 0 Å². The molecule has 0 fully saturated rings. The average Bonchev–Trinajstić information content (AvgIpc) is 4.09. The molecule has 4 nitrogen and oxygen atoms in total. The van der Waals surface area contributed by atoms with Gasteiger partial charge in [0.2, 0.25) is 0 Å². The summed E-state index contributed by atoms with van der Waals surface area (Å²) in [6.45, 7) is 9.82. The van der Waals surface area contributed by atoms with Crippen molar-refractivity contribution >= 4 is 73.0 Å². The molecule has 0 saturated heterocycles. The number of benzene rings is 12. The van der Waals surface area contributed by atoms with E-state index >= 15 is 0 Å². The summed E-state index contributed by atoms with van der Waals surface area (Å²) < 4.78 is 2.66. The Morgan fingerprint density at radius 1 is 0.232 bits per heavy atom. The van der Waals surface area contributed by atoms with Gasteiger partial charge in [-0.1, -0.05) is 173 Å².